The van der Waals surface area contributed by atoms with Crippen molar-refractivity contribution >= 4 is 29.7 Å². The van der Waals surface area contributed by atoms with Crippen LogP contribution in [-0.4, -0.2) is 103 Å². The maximum Gasteiger partial charge on any atom is 0.283 e. The van der Waals surface area contributed by atoms with Crippen LogP contribution in [0.1, 0.15) is 40.0 Å². The van der Waals surface area contributed by atoms with E-state index in [0.717, 1.165) is 54.5 Å². The van der Waals surface area contributed by atoms with Crippen LogP contribution >= 0.6 is 11.3 Å². The Kier molecular flexibility index (Phi) is 9.19. The first-order valence-electron chi connectivity index (χ1n) is 12.5. The van der Waals surface area contributed by atoms with Gasteiger partial charge in [0.25, 0.3) is 5.91 Å². The molecule has 10 heteroatoms. The molecule has 1 amide bonds. The third-order valence-electron chi connectivity index (χ3n) is 6.43. The number of carbonyl (C=O) groups excluding carboxylic acids is 1. The fraction of sp³-hybridized carbons (Fsp3) is 0.538. The van der Waals surface area contributed by atoms with E-state index >= 15 is 0 Å². The number of rotatable bonds is 10. The molecular formula is C26H35N5O4S. The topological polar surface area (TPSA) is 111 Å². The Morgan fingerprint density at radius 3 is 2.86 bits per heavy atom. The van der Waals surface area contributed by atoms with Crippen molar-refractivity contribution in [3.63, 3.8) is 0 Å². The van der Waals surface area contributed by atoms with Crippen LogP contribution in [0.25, 0.3) is 11.3 Å². The molecule has 1 fully saturated rings. The third-order valence-corrected chi connectivity index (χ3v) is 7.54. The molecule has 194 valence electrons. The summed E-state index contributed by atoms with van der Waals surface area (Å²) < 4.78 is 11.4. The summed E-state index contributed by atoms with van der Waals surface area (Å²) in [5.41, 5.74) is 2.57. The van der Waals surface area contributed by atoms with Crippen molar-refractivity contribution in [2.24, 2.45) is 4.99 Å². The van der Waals surface area contributed by atoms with Crippen molar-refractivity contribution in [1.29, 1.82) is 5.41 Å². The maximum atomic E-state index is 13.1. The van der Waals surface area contributed by atoms with Crippen molar-refractivity contribution in [1.82, 2.24) is 14.8 Å². The molecule has 36 heavy (non-hydrogen) atoms. The van der Waals surface area contributed by atoms with Gasteiger partial charge in [0.15, 0.2) is 5.01 Å². The van der Waals surface area contributed by atoms with Crippen LogP contribution in [0.15, 0.2) is 23.2 Å². The number of benzene rings is 1. The fourth-order valence-corrected chi connectivity index (χ4v) is 5.41. The highest BCUT2D eigenvalue weighted by atomic mass is 32.1. The van der Waals surface area contributed by atoms with Gasteiger partial charge in [0.05, 0.1) is 44.6 Å². The number of nitrogens with zero attached hydrogens (tertiary/aromatic N) is 4. The zero-order valence-electron chi connectivity index (χ0n) is 21.0. The third kappa shape index (κ3) is 6.18. The molecule has 2 aliphatic heterocycles. The van der Waals surface area contributed by atoms with E-state index in [0.29, 0.717) is 30.3 Å². The minimum atomic E-state index is -0.239. The van der Waals surface area contributed by atoms with Crippen LogP contribution in [0.2, 0.25) is 0 Å². The largest absolute Gasteiger partial charge is 0.492 e. The number of thiazole rings is 1. The summed E-state index contributed by atoms with van der Waals surface area (Å²) in [7, 11) is 0. The van der Waals surface area contributed by atoms with Gasteiger partial charge in [0, 0.05) is 61.5 Å². The maximum absolute atomic E-state index is 13.1. The summed E-state index contributed by atoms with van der Waals surface area (Å²) in [5.74, 6) is 0.311. The lowest BCUT2D eigenvalue weighted by Crippen LogP contribution is -2.38. The van der Waals surface area contributed by atoms with Crippen molar-refractivity contribution in [3.05, 3.63) is 33.6 Å². The number of ether oxygens (including phenoxy) is 2. The number of aliphatic imine (C=N–C) groups is 1. The van der Waals surface area contributed by atoms with Gasteiger partial charge in [-0.25, -0.2) is 4.98 Å². The first-order valence-corrected chi connectivity index (χ1v) is 13.3. The van der Waals surface area contributed by atoms with Crippen molar-refractivity contribution in [2.45, 2.75) is 32.2 Å². The molecule has 1 aromatic heterocycles. The molecule has 0 aliphatic carbocycles. The van der Waals surface area contributed by atoms with Crippen LogP contribution in [0, 0.1) is 5.41 Å². The Balaban J connectivity index is 1.50. The Morgan fingerprint density at radius 2 is 2.14 bits per heavy atom. The van der Waals surface area contributed by atoms with Crippen LogP contribution in [0.4, 0.5) is 0 Å². The minimum absolute atomic E-state index is 0.0277. The SMILES string of the molecule is CC(C)N(CCO)C(=O)c1nc2c(s1)CCOc1cc(C(C=N)C=NCCN3CCOCC3)ccc1-2. The second-order valence-electron chi connectivity index (χ2n) is 9.16. The zero-order chi connectivity index (χ0) is 25.5. The molecule has 3 heterocycles. The number of morpholine rings is 1. The highest BCUT2D eigenvalue weighted by Gasteiger charge is 2.27. The number of carbonyl (C=O) groups is 1. The highest BCUT2D eigenvalue weighted by molar-refractivity contribution is 7.14. The number of hydrogen-bond donors (Lipinski definition) is 2. The van der Waals surface area contributed by atoms with E-state index in [-0.39, 0.29) is 31.0 Å². The van der Waals surface area contributed by atoms with Crippen LogP contribution < -0.4 is 4.74 Å². The van der Waals surface area contributed by atoms with Gasteiger partial charge in [-0.15, -0.1) is 11.3 Å². The second-order valence-corrected chi connectivity index (χ2v) is 10.2. The molecule has 1 saturated heterocycles. The fourth-order valence-electron chi connectivity index (χ4n) is 4.40. The van der Waals surface area contributed by atoms with Gasteiger partial charge >= 0.3 is 0 Å². The quantitative estimate of drug-likeness (QED) is 0.473. The summed E-state index contributed by atoms with van der Waals surface area (Å²) in [6.45, 7) is 9.56. The lowest BCUT2D eigenvalue weighted by molar-refractivity contribution is 0.0394. The Morgan fingerprint density at radius 1 is 1.33 bits per heavy atom. The molecule has 9 nitrogen and oxygen atoms in total. The van der Waals surface area contributed by atoms with Gasteiger partial charge in [-0.05, 0) is 31.5 Å². The lowest BCUT2D eigenvalue weighted by atomic mass is 9.98. The predicted octanol–water partition coefficient (Wildman–Crippen LogP) is 2.72. The Labute approximate surface area is 216 Å². The van der Waals surface area contributed by atoms with Gasteiger partial charge in [-0.1, -0.05) is 6.07 Å². The van der Waals surface area contributed by atoms with Crippen LogP contribution in [0.5, 0.6) is 5.75 Å². The van der Waals surface area contributed by atoms with E-state index in [9.17, 15) is 9.90 Å². The number of amides is 1. The molecule has 0 spiro atoms. The number of aromatic nitrogens is 1. The van der Waals surface area contributed by atoms with E-state index in [1.54, 1.807) is 4.90 Å². The summed E-state index contributed by atoms with van der Waals surface area (Å²) in [4.78, 5) is 27.4. The first kappa shape index (κ1) is 26.4. The molecule has 0 bridgehead atoms. The van der Waals surface area contributed by atoms with E-state index in [4.69, 9.17) is 19.9 Å². The molecule has 1 atom stereocenters. The molecule has 0 saturated carbocycles. The van der Waals surface area contributed by atoms with Gasteiger partial charge in [-0.3, -0.25) is 14.7 Å². The molecular weight excluding hydrogens is 478 g/mol. The monoisotopic (exact) mass is 513 g/mol. The first-order chi connectivity index (χ1) is 17.5. The number of hydrogen-bond acceptors (Lipinski definition) is 9. The number of nitrogens with one attached hydrogen (secondary N) is 1. The van der Waals surface area contributed by atoms with Crippen LogP contribution in [-0.2, 0) is 11.2 Å². The van der Waals surface area contributed by atoms with Gasteiger partial charge in [-0.2, -0.15) is 0 Å². The van der Waals surface area contributed by atoms with Gasteiger partial charge < -0.3 is 24.9 Å². The standard InChI is InChI=1S/C26H35N5O4S/c1-18(2)31(8-11-32)26(33)25-29-24-21-4-3-19(15-22(21)35-12-5-23(24)36-25)20(16-27)17-28-6-7-30-9-13-34-14-10-30/h3-4,15-18,20,27,32H,5-14H2,1-2H3. The smallest absolute Gasteiger partial charge is 0.283 e. The molecule has 4 rings (SSSR count). The zero-order valence-corrected chi connectivity index (χ0v) is 21.8. The van der Waals surface area contributed by atoms with Crippen molar-refractivity contribution < 1.29 is 19.4 Å². The second kappa shape index (κ2) is 12.5. The molecule has 1 aromatic carbocycles. The average Bonchev–Trinajstić information content (AvgIpc) is 3.23. The average molecular weight is 514 g/mol. The molecule has 2 N–H and O–H groups in total. The number of aliphatic hydroxyl groups excluding tert-OH is 1. The lowest BCUT2D eigenvalue weighted by Gasteiger charge is -2.25. The van der Waals surface area contributed by atoms with E-state index in [1.165, 1.54) is 17.6 Å². The number of fused-ring (bicyclic) bond motifs is 3. The summed E-state index contributed by atoms with van der Waals surface area (Å²) in [6.07, 6.45) is 3.89. The molecule has 2 aromatic rings. The normalized spacial score (nSPS) is 16.8. The minimum Gasteiger partial charge on any atom is -0.492 e. The van der Waals surface area contributed by atoms with Gasteiger partial charge in [0.2, 0.25) is 0 Å². The van der Waals surface area contributed by atoms with E-state index < -0.39 is 0 Å². The molecule has 2 aliphatic rings. The predicted molar refractivity (Wildman–Crippen MR) is 142 cm³/mol. The van der Waals surface area contributed by atoms with E-state index in [1.807, 2.05) is 38.3 Å². The Hall–Kier alpha value is -2.66. The van der Waals surface area contributed by atoms with E-state index in [2.05, 4.69) is 9.89 Å². The Bertz CT molecular complexity index is 1080. The summed E-state index contributed by atoms with van der Waals surface area (Å²) in [6, 6.07) is 5.88. The molecule has 1 unspecified atom stereocenters. The van der Waals surface area contributed by atoms with Crippen molar-refractivity contribution in [3.8, 4) is 17.0 Å². The summed E-state index contributed by atoms with van der Waals surface area (Å²) in [5, 5.41) is 17.7. The number of aliphatic hydroxyl groups is 1. The summed E-state index contributed by atoms with van der Waals surface area (Å²) >= 11 is 1.40. The van der Waals surface area contributed by atoms with Gasteiger partial charge in [0.1, 0.15) is 5.75 Å². The highest BCUT2D eigenvalue weighted by Crippen LogP contribution is 2.39. The molecule has 0 radical (unpaired) electrons. The van der Waals surface area contributed by atoms with Crippen molar-refractivity contribution in [2.75, 3.05) is 59.2 Å². The van der Waals surface area contributed by atoms with Crippen LogP contribution in [0.3, 0.4) is 0 Å².